The molecule has 1 aromatic heterocycles. The molecule has 0 aliphatic rings. The van der Waals surface area contributed by atoms with Gasteiger partial charge >= 0.3 is 0 Å². The molecule has 1 unspecified atom stereocenters. The van der Waals surface area contributed by atoms with Gasteiger partial charge in [0.2, 0.25) is 5.91 Å². The first-order chi connectivity index (χ1) is 8.65. The van der Waals surface area contributed by atoms with Gasteiger partial charge in [0.05, 0.1) is 5.69 Å². The van der Waals surface area contributed by atoms with Crippen LogP contribution in [0.25, 0.3) is 0 Å². The molecule has 2 rings (SSSR count). The van der Waals surface area contributed by atoms with E-state index in [-0.39, 0.29) is 18.4 Å². The van der Waals surface area contributed by atoms with E-state index in [1.807, 2.05) is 42.6 Å². The molecule has 3 N–H and O–H groups in total. The number of hydrogen-bond donors (Lipinski definition) is 2. The second-order valence-corrected chi connectivity index (χ2v) is 4.92. The van der Waals surface area contributed by atoms with Crippen LogP contribution in [0.1, 0.15) is 23.7 Å². The van der Waals surface area contributed by atoms with Crippen molar-refractivity contribution < 1.29 is 4.79 Å². The Bertz CT molecular complexity index is 524. The van der Waals surface area contributed by atoms with Gasteiger partial charge in [0.1, 0.15) is 0 Å². The number of rotatable bonds is 4. The van der Waals surface area contributed by atoms with Crippen molar-refractivity contribution in [2.45, 2.75) is 19.4 Å². The highest BCUT2D eigenvalue weighted by atomic mass is 32.1. The highest BCUT2D eigenvalue weighted by Gasteiger charge is 2.12. The van der Waals surface area contributed by atoms with Crippen LogP contribution in [0, 0.1) is 6.92 Å². The Morgan fingerprint density at radius 2 is 2.17 bits per heavy atom. The molecule has 0 saturated heterocycles. The summed E-state index contributed by atoms with van der Waals surface area (Å²) in [4.78, 5) is 16.0. The zero-order chi connectivity index (χ0) is 13.0. The van der Waals surface area contributed by atoms with Gasteiger partial charge < -0.3 is 11.1 Å². The average molecular weight is 261 g/mol. The van der Waals surface area contributed by atoms with Gasteiger partial charge in [-0.2, -0.15) is 0 Å². The lowest BCUT2D eigenvalue weighted by Gasteiger charge is -2.10. The first-order valence-electron chi connectivity index (χ1n) is 5.67. The molecule has 0 fully saturated rings. The molecule has 0 radical (unpaired) electrons. The summed E-state index contributed by atoms with van der Waals surface area (Å²) in [5.74, 6) is -0.110. The van der Waals surface area contributed by atoms with Crippen molar-refractivity contribution >= 4 is 22.4 Å². The van der Waals surface area contributed by atoms with Crippen LogP contribution in [0.3, 0.4) is 0 Å². The molecule has 0 aliphatic heterocycles. The molecule has 0 saturated carbocycles. The minimum atomic E-state index is -0.285. The zero-order valence-corrected chi connectivity index (χ0v) is 10.9. The van der Waals surface area contributed by atoms with E-state index in [9.17, 15) is 4.79 Å². The van der Waals surface area contributed by atoms with E-state index in [4.69, 9.17) is 5.73 Å². The van der Waals surface area contributed by atoms with E-state index in [1.54, 1.807) is 0 Å². The zero-order valence-electron chi connectivity index (χ0n) is 10.1. The number of nitrogens with zero attached hydrogens (tertiary/aromatic N) is 1. The number of anilines is 1. The van der Waals surface area contributed by atoms with Crippen LogP contribution in [-0.2, 0) is 4.79 Å². The summed E-state index contributed by atoms with van der Waals surface area (Å²) < 4.78 is 0. The maximum absolute atomic E-state index is 11.8. The Kier molecular flexibility index (Phi) is 4.07. The molecule has 4 nitrogen and oxygen atoms in total. The maximum atomic E-state index is 11.8. The van der Waals surface area contributed by atoms with Crippen LogP contribution >= 0.6 is 11.3 Å². The largest absolute Gasteiger partial charge is 0.324 e. The fourth-order valence-electron chi connectivity index (χ4n) is 1.60. The van der Waals surface area contributed by atoms with Crippen LogP contribution in [0.4, 0.5) is 5.13 Å². The van der Waals surface area contributed by atoms with Crippen LogP contribution in [0.15, 0.2) is 35.7 Å². The lowest BCUT2D eigenvalue weighted by Crippen LogP contribution is -2.20. The Balaban J connectivity index is 1.92. The van der Waals surface area contributed by atoms with Crippen molar-refractivity contribution in [3.05, 3.63) is 47.0 Å². The molecule has 1 heterocycles. The monoisotopic (exact) mass is 261 g/mol. The molecule has 0 aliphatic carbocycles. The Morgan fingerprint density at radius 3 is 2.78 bits per heavy atom. The molecular weight excluding hydrogens is 246 g/mol. The van der Waals surface area contributed by atoms with Gasteiger partial charge in [-0.15, -0.1) is 11.3 Å². The summed E-state index contributed by atoms with van der Waals surface area (Å²) in [5.41, 5.74) is 7.84. The molecule has 0 bridgehead atoms. The van der Waals surface area contributed by atoms with Crippen molar-refractivity contribution in [3.8, 4) is 0 Å². The van der Waals surface area contributed by atoms with Crippen molar-refractivity contribution in [1.29, 1.82) is 0 Å². The molecule has 1 amide bonds. The number of thiazole rings is 1. The molecule has 18 heavy (non-hydrogen) atoms. The van der Waals surface area contributed by atoms with Gasteiger partial charge in [-0.3, -0.25) is 4.79 Å². The molecule has 94 valence electrons. The Labute approximate surface area is 110 Å². The normalized spacial score (nSPS) is 12.1. The minimum absolute atomic E-state index is 0.110. The highest BCUT2D eigenvalue weighted by Crippen LogP contribution is 2.17. The number of carbonyl (C=O) groups excluding carboxylic acids is 1. The van der Waals surface area contributed by atoms with E-state index in [1.165, 1.54) is 11.3 Å². The quantitative estimate of drug-likeness (QED) is 0.888. The van der Waals surface area contributed by atoms with Crippen molar-refractivity contribution in [3.63, 3.8) is 0 Å². The summed E-state index contributed by atoms with van der Waals surface area (Å²) >= 11 is 1.42. The van der Waals surface area contributed by atoms with Crippen molar-refractivity contribution in [1.82, 2.24) is 4.98 Å². The lowest BCUT2D eigenvalue weighted by molar-refractivity contribution is -0.116. The number of carbonyl (C=O) groups is 1. The average Bonchev–Trinajstić information content (AvgIpc) is 2.75. The molecule has 0 spiro atoms. The van der Waals surface area contributed by atoms with Crippen LogP contribution in [0.5, 0.6) is 0 Å². The van der Waals surface area contributed by atoms with E-state index in [2.05, 4.69) is 10.3 Å². The predicted molar refractivity (Wildman–Crippen MR) is 73.5 cm³/mol. The fraction of sp³-hybridized carbons (Fsp3) is 0.231. The number of amides is 1. The van der Waals surface area contributed by atoms with Crippen molar-refractivity contribution in [2.75, 3.05) is 5.32 Å². The van der Waals surface area contributed by atoms with Crippen LogP contribution in [-0.4, -0.2) is 10.9 Å². The molecule has 1 atom stereocenters. The van der Waals surface area contributed by atoms with Gasteiger partial charge in [-0.25, -0.2) is 4.98 Å². The van der Waals surface area contributed by atoms with Crippen LogP contribution in [0.2, 0.25) is 0 Å². The number of aryl methyl sites for hydroxylation is 1. The fourth-order valence-corrected chi connectivity index (χ4v) is 2.30. The number of nitrogens with two attached hydrogens (primary N) is 1. The van der Waals surface area contributed by atoms with Gasteiger partial charge in [0.25, 0.3) is 0 Å². The number of aromatic nitrogens is 1. The summed E-state index contributed by atoms with van der Waals surface area (Å²) in [7, 11) is 0. The Morgan fingerprint density at radius 1 is 1.44 bits per heavy atom. The minimum Gasteiger partial charge on any atom is -0.324 e. The smallest absolute Gasteiger partial charge is 0.228 e. The van der Waals surface area contributed by atoms with Gasteiger partial charge in [-0.1, -0.05) is 30.3 Å². The second kappa shape index (κ2) is 5.75. The number of nitrogens with one attached hydrogen (secondary N) is 1. The summed E-state index contributed by atoms with van der Waals surface area (Å²) in [6.07, 6.45) is 0.253. The first kappa shape index (κ1) is 12.7. The summed E-state index contributed by atoms with van der Waals surface area (Å²) in [6.45, 7) is 1.89. The third-order valence-corrected chi connectivity index (χ3v) is 3.37. The topological polar surface area (TPSA) is 68.0 Å². The van der Waals surface area contributed by atoms with Crippen LogP contribution < -0.4 is 11.1 Å². The molecule has 1 aromatic carbocycles. The van der Waals surface area contributed by atoms with Gasteiger partial charge in [0.15, 0.2) is 5.13 Å². The number of hydrogen-bond acceptors (Lipinski definition) is 4. The second-order valence-electron chi connectivity index (χ2n) is 4.06. The lowest BCUT2D eigenvalue weighted by atomic mass is 10.0. The molecular formula is C13H15N3OS. The van der Waals surface area contributed by atoms with E-state index >= 15 is 0 Å². The van der Waals surface area contributed by atoms with E-state index in [0.717, 1.165) is 11.3 Å². The SMILES string of the molecule is Cc1csc(NC(=O)CC(N)c2ccccc2)n1. The van der Waals surface area contributed by atoms with E-state index in [0.29, 0.717) is 5.13 Å². The summed E-state index contributed by atoms with van der Waals surface area (Å²) in [6, 6.07) is 9.31. The standard InChI is InChI=1S/C13H15N3OS/c1-9-8-18-13(15-9)16-12(17)7-11(14)10-5-3-2-4-6-10/h2-6,8,11H,7,14H2,1H3,(H,15,16,17). The summed E-state index contributed by atoms with van der Waals surface area (Å²) in [5, 5.41) is 5.27. The molecule has 5 heteroatoms. The first-order valence-corrected chi connectivity index (χ1v) is 6.55. The van der Waals surface area contributed by atoms with Gasteiger partial charge in [-0.05, 0) is 12.5 Å². The van der Waals surface area contributed by atoms with Gasteiger partial charge in [0, 0.05) is 17.8 Å². The van der Waals surface area contributed by atoms with Crippen molar-refractivity contribution in [2.24, 2.45) is 5.73 Å². The third kappa shape index (κ3) is 3.38. The van der Waals surface area contributed by atoms with E-state index < -0.39 is 0 Å². The predicted octanol–water partition coefficient (Wildman–Crippen LogP) is 2.48. The molecule has 2 aromatic rings. The third-order valence-electron chi connectivity index (χ3n) is 2.50. The maximum Gasteiger partial charge on any atom is 0.228 e. The highest BCUT2D eigenvalue weighted by molar-refractivity contribution is 7.13. The number of benzene rings is 1. The Hall–Kier alpha value is -1.72.